The van der Waals surface area contributed by atoms with Crippen molar-refractivity contribution < 1.29 is 0 Å². The van der Waals surface area contributed by atoms with Gasteiger partial charge in [-0.05, 0) is 24.2 Å². The molecule has 0 aliphatic carbocycles. The average Bonchev–Trinajstić information content (AvgIpc) is 2.95. The molecule has 0 saturated carbocycles. The molecule has 1 fully saturated rings. The Hall–Kier alpha value is -1.57. The summed E-state index contributed by atoms with van der Waals surface area (Å²) in [6.07, 6.45) is 1.07. The van der Waals surface area contributed by atoms with Crippen LogP contribution in [-0.2, 0) is 13.1 Å². The molecule has 0 bridgehead atoms. The number of tetrazole rings is 1. The molecule has 0 radical (unpaired) electrons. The second kappa shape index (κ2) is 7.62. The van der Waals surface area contributed by atoms with Crippen molar-refractivity contribution in [1.29, 1.82) is 0 Å². The minimum Gasteiger partial charge on any atom is -0.301 e. The summed E-state index contributed by atoms with van der Waals surface area (Å²) in [5.74, 6) is 0. The van der Waals surface area contributed by atoms with E-state index >= 15 is 0 Å². The van der Waals surface area contributed by atoms with Gasteiger partial charge < -0.3 is 4.90 Å². The summed E-state index contributed by atoms with van der Waals surface area (Å²) in [6.45, 7) is 7.57. The Morgan fingerprint density at radius 1 is 1.00 bits per heavy atom. The van der Waals surface area contributed by atoms with Gasteiger partial charge in [-0.3, -0.25) is 4.90 Å². The van der Waals surface area contributed by atoms with Crippen LogP contribution in [0.15, 0.2) is 30.3 Å². The molecule has 0 atom stereocenters. The molecule has 6 nitrogen and oxygen atoms in total. The highest BCUT2D eigenvalue weighted by atomic mass is 32.1. The topological polar surface area (TPSA) is 53.0 Å². The Bertz CT molecular complexity index is 614. The number of piperazine rings is 1. The second-order valence-electron chi connectivity index (χ2n) is 5.69. The van der Waals surface area contributed by atoms with E-state index in [1.165, 1.54) is 5.56 Å². The first kappa shape index (κ1) is 15.3. The molecule has 2 heterocycles. The third-order valence-corrected chi connectivity index (χ3v) is 4.40. The molecule has 22 heavy (non-hydrogen) atoms. The number of hydrogen-bond donors (Lipinski definition) is 1. The highest BCUT2D eigenvalue weighted by Gasteiger charge is 2.16. The van der Waals surface area contributed by atoms with E-state index in [1.54, 1.807) is 0 Å². The van der Waals surface area contributed by atoms with Gasteiger partial charge in [-0.2, -0.15) is 5.21 Å². The number of aromatic nitrogens is 4. The first-order valence-electron chi connectivity index (χ1n) is 7.78. The molecule has 1 aliphatic rings. The highest BCUT2D eigenvalue weighted by molar-refractivity contribution is 7.71. The molecule has 118 valence electrons. The van der Waals surface area contributed by atoms with Crippen LogP contribution in [0.4, 0.5) is 0 Å². The van der Waals surface area contributed by atoms with Gasteiger partial charge in [0.05, 0.1) is 0 Å². The zero-order chi connectivity index (χ0) is 15.2. The van der Waals surface area contributed by atoms with Gasteiger partial charge in [0.15, 0.2) is 0 Å². The summed E-state index contributed by atoms with van der Waals surface area (Å²) >= 11 is 5.07. The molecule has 1 saturated heterocycles. The van der Waals surface area contributed by atoms with Crippen molar-refractivity contribution in [3.63, 3.8) is 0 Å². The van der Waals surface area contributed by atoms with E-state index in [1.807, 2.05) is 4.68 Å². The Labute approximate surface area is 135 Å². The SMILES string of the molecule is S=c1nn[nH]n1CCCN1CCN(Cc2ccccc2)CC1. The molecule has 1 aromatic heterocycles. The van der Waals surface area contributed by atoms with Gasteiger partial charge in [-0.25, -0.2) is 4.68 Å². The van der Waals surface area contributed by atoms with Crippen molar-refractivity contribution in [1.82, 2.24) is 30.0 Å². The zero-order valence-corrected chi connectivity index (χ0v) is 13.5. The van der Waals surface area contributed by atoms with E-state index in [9.17, 15) is 0 Å². The smallest absolute Gasteiger partial charge is 0.238 e. The normalized spacial score (nSPS) is 16.9. The summed E-state index contributed by atoms with van der Waals surface area (Å²) in [6, 6.07) is 10.7. The molecule has 0 amide bonds. The molecule has 1 aromatic carbocycles. The Morgan fingerprint density at radius 3 is 2.41 bits per heavy atom. The molecular weight excluding hydrogens is 296 g/mol. The lowest BCUT2D eigenvalue weighted by Gasteiger charge is -2.34. The summed E-state index contributed by atoms with van der Waals surface area (Å²) in [7, 11) is 0. The molecule has 1 N–H and O–H groups in total. The maximum atomic E-state index is 5.07. The maximum Gasteiger partial charge on any atom is 0.238 e. The van der Waals surface area contributed by atoms with Gasteiger partial charge in [0.25, 0.3) is 0 Å². The van der Waals surface area contributed by atoms with Crippen LogP contribution in [-0.4, -0.2) is 62.7 Å². The summed E-state index contributed by atoms with van der Waals surface area (Å²) < 4.78 is 2.36. The fraction of sp³-hybridized carbons (Fsp3) is 0.533. The van der Waals surface area contributed by atoms with Gasteiger partial charge >= 0.3 is 0 Å². The predicted molar refractivity (Wildman–Crippen MR) is 88.0 cm³/mol. The van der Waals surface area contributed by atoms with Gasteiger partial charge in [0.1, 0.15) is 0 Å². The molecule has 7 heteroatoms. The van der Waals surface area contributed by atoms with Gasteiger partial charge in [-0.15, -0.1) is 0 Å². The predicted octanol–water partition coefficient (Wildman–Crippen LogP) is 1.54. The quantitative estimate of drug-likeness (QED) is 0.819. The van der Waals surface area contributed by atoms with Crippen molar-refractivity contribution in [2.24, 2.45) is 0 Å². The monoisotopic (exact) mass is 318 g/mol. The Balaban J connectivity index is 1.37. The number of nitrogens with one attached hydrogen (secondary N) is 1. The van der Waals surface area contributed by atoms with Crippen LogP contribution in [0.2, 0.25) is 0 Å². The summed E-state index contributed by atoms with van der Waals surface area (Å²) in [5.41, 5.74) is 1.40. The first-order chi connectivity index (χ1) is 10.8. The lowest BCUT2D eigenvalue weighted by atomic mass is 10.2. The zero-order valence-electron chi connectivity index (χ0n) is 12.7. The van der Waals surface area contributed by atoms with Gasteiger partial charge in [-0.1, -0.05) is 40.6 Å². The third-order valence-electron chi connectivity index (χ3n) is 4.10. The number of hydrogen-bond acceptors (Lipinski definition) is 5. The van der Waals surface area contributed by atoms with Crippen molar-refractivity contribution in [2.45, 2.75) is 19.5 Å². The molecule has 2 aromatic rings. The number of aryl methyl sites for hydroxylation is 1. The summed E-state index contributed by atoms with van der Waals surface area (Å²) in [4.78, 5) is 5.05. The second-order valence-corrected chi connectivity index (χ2v) is 6.06. The Kier molecular flexibility index (Phi) is 5.31. The molecule has 0 unspecified atom stereocenters. The standard InChI is InChI=1S/C15H22N6S/c22-15-16-17-18-21(15)8-4-7-19-9-11-20(12-10-19)13-14-5-2-1-3-6-14/h1-3,5-6H,4,7-13H2,(H,16,18,22). The van der Waals surface area contributed by atoms with E-state index < -0.39 is 0 Å². The van der Waals surface area contributed by atoms with Crippen LogP contribution in [0.1, 0.15) is 12.0 Å². The van der Waals surface area contributed by atoms with Crippen LogP contribution in [0, 0.1) is 4.77 Å². The van der Waals surface area contributed by atoms with Crippen molar-refractivity contribution >= 4 is 12.2 Å². The molecule has 0 spiro atoms. The summed E-state index contributed by atoms with van der Waals surface area (Å²) in [5, 5.41) is 10.3. The van der Waals surface area contributed by atoms with Crippen LogP contribution >= 0.6 is 12.2 Å². The highest BCUT2D eigenvalue weighted by Crippen LogP contribution is 2.08. The fourth-order valence-electron chi connectivity index (χ4n) is 2.83. The molecular formula is C15H22N6S. The van der Waals surface area contributed by atoms with E-state index in [2.05, 4.69) is 55.7 Å². The minimum absolute atomic E-state index is 0.535. The number of nitrogens with zero attached hydrogens (tertiary/aromatic N) is 5. The van der Waals surface area contributed by atoms with E-state index in [0.717, 1.165) is 52.2 Å². The number of rotatable bonds is 6. The van der Waals surface area contributed by atoms with Crippen LogP contribution < -0.4 is 0 Å². The lowest BCUT2D eigenvalue weighted by molar-refractivity contribution is 0.124. The Morgan fingerprint density at radius 2 is 1.73 bits per heavy atom. The first-order valence-corrected chi connectivity index (χ1v) is 8.18. The largest absolute Gasteiger partial charge is 0.301 e. The lowest BCUT2D eigenvalue weighted by Crippen LogP contribution is -2.46. The van der Waals surface area contributed by atoms with E-state index in [-0.39, 0.29) is 0 Å². The van der Waals surface area contributed by atoms with Gasteiger partial charge in [0, 0.05) is 45.8 Å². The average molecular weight is 318 g/mol. The van der Waals surface area contributed by atoms with Crippen LogP contribution in [0.25, 0.3) is 0 Å². The van der Waals surface area contributed by atoms with Crippen molar-refractivity contribution in [2.75, 3.05) is 32.7 Å². The minimum atomic E-state index is 0.535. The van der Waals surface area contributed by atoms with Crippen LogP contribution in [0.3, 0.4) is 0 Å². The third kappa shape index (κ3) is 4.22. The van der Waals surface area contributed by atoms with Gasteiger partial charge in [0.2, 0.25) is 4.77 Å². The van der Waals surface area contributed by atoms with Crippen LogP contribution in [0.5, 0.6) is 0 Å². The van der Waals surface area contributed by atoms with E-state index in [4.69, 9.17) is 12.2 Å². The van der Waals surface area contributed by atoms with Crippen molar-refractivity contribution in [3.8, 4) is 0 Å². The van der Waals surface area contributed by atoms with E-state index in [0.29, 0.717) is 4.77 Å². The molecule has 3 rings (SSSR count). The number of benzene rings is 1. The fourth-order valence-corrected chi connectivity index (χ4v) is 3.00. The molecule has 1 aliphatic heterocycles. The maximum absolute atomic E-state index is 5.07. The number of H-pyrrole nitrogens is 1. The van der Waals surface area contributed by atoms with Crippen molar-refractivity contribution in [3.05, 3.63) is 40.7 Å². The number of aromatic amines is 1.